The molecule has 40 heavy (non-hydrogen) atoms. The molecule has 1 heterocycles. The summed E-state index contributed by atoms with van der Waals surface area (Å²) in [6, 6.07) is 17.1. The lowest BCUT2D eigenvalue weighted by atomic mass is 9.87. The number of hydrogen-bond donors (Lipinski definition) is 2. The number of aliphatic carboxylic acids is 1. The second kappa shape index (κ2) is 13.5. The monoisotopic (exact) mass is 547 g/mol. The van der Waals surface area contributed by atoms with Gasteiger partial charge in [-0.15, -0.1) is 0 Å². The van der Waals surface area contributed by atoms with Crippen molar-refractivity contribution in [2.24, 2.45) is 11.8 Å². The first-order valence-corrected chi connectivity index (χ1v) is 14.2. The van der Waals surface area contributed by atoms with E-state index in [9.17, 15) is 14.7 Å². The highest BCUT2D eigenvalue weighted by molar-refractivity contribution is 5.94. The Bertz CT molecular complexity index is 1280. The molecular formula is C32H41N3O5. The van der Waals surface area contributed by atoms with Gasteiger partial charge in [-0.05, 0) is 67.7 Å². The predicted octanol–water partition coefficient (Wildman–Crippen LogP) is 6.51. The number of carbonyl (C=O) groups is 2. The number of ether oxygens (including phenoxy) is 2. The van der Waals surface area contributed by atoms with E-state index in [2.05, 4.69) is 12.2 Å². The molecule has 4 rings (SSSR count). The van der Waals surface area contributed by atoms with Gasteiger partial charge in [-0.1, -0.05) is 57.2 Å². The number of aromatic nitrogens is 2. The molecule has 1 saturated carbocycles. The first-order valence-electron chi connectivity index (χ1n) is 14.2. The first-order chi connectivity index (χ1) is 19.2. The van der Waals surface area contributed by atoms with Crippen molar-refractivity contribution < 1.29 is 24.2 Å². The molecular weight excluding hydrogens is 506 g/mol. The number of nitrogens with one attached hydrogen (secondary N) is 1. The lowest BCUT2D eigenvalue weighted by molar-refractivity contribution is -0.137. The third kappa shape index (κ3) is 7.43. The minimum atomic E-state index is -0.942. The third-order valence-electron chi connectivity index (χ3n) is 7.51. The molecule has 214 valence electrons. The molecule has 3 aromatic rings. The number of nitrogens with zero attached hydrogens (tertiary/aromatic N) is 2. The van der Waals surface area contributed by atoms with Crippen LogP contribution in [0, 0.1) is 11.8 Å². The maximum atomic E-state index is 13.5. The van der Waals surface area contributed by atoms with Crippen LogP contribution < -0.4 is 14.8 Å². The summed E-state index contributed by atoms with van der Waals surface area (Å²) in [5, 5.41) is 17.1. The Labute approximate surface area is 236 Å². The summed E-state index contributed by atoms with van der Waals surface area (Å²) in [5.74, 6) is 0.845. The Morgan fingerprint density at radius 2 is 1.75 bits per heavy atom. The second-order valence-electron chi connectivity index (χ2n) is 11.3. The zero-order valence-electron chi connectivity index (χ0n) is 23.9. The van der Waals surface area contributed by atoms with Gasteiger partial charge >= 0.3 is 5.97 Å². The van der Waals surface area contributed by atoms with Crippen LogP contribution in [0.15, 0.2) is 54.6 Å². The highest BCUT2D eigenvalue weighted by Crippen LogP contribution is 2.42. The van der Waals surface area contributed by atoms with E-state index in [-0.39, 0.29) is 30.0 Å². The van der Waals surface area contributed by atoms with Gasteiger partial charge in [-0.2, -0.15) is 5.10 Å². The van der Waals surface area contributed by atoms with Gasteiger partial charge in [-0.25, -0.2) is 0 Å². The van der Waals surface area contributed by atoms with Crippen LogP contribution in [0.3, 0.4) is 0 Å². The summed E-state index contributed by atoms with van der Waals surface area (Å²) in [6.45, 7) is 6.68. The van der Waals surface area contributed by atoms with E-state index < -0.39 is 12.0 Å². The van der Waals surface area contributed by atoms with E-state index in [1.165, 1.54) is 0 Å². The summed E-state index contributed by atoms with van der Waals surface area (Å²) in [7, 11) is 1.62. The standard InChI is InChI=1S/C32H41N3O5/c1-21(2)17-24(18-30(36)37)33-32(38)26-19-27(35(34-26)25-15-13-22(3)14-16-25)31-28(39-4)11-8-12-29(31)40-20-23-9-6-5-7-10-23/h5-12,19,21-22,24-25H,13-18,20H2,1-4H3,(H,33,38)(H,36,37)/t22?,24-,25?/m0/s1. The molecule has 8 nitrogen and oxygen atoms in total. The maximum absolute atomic E-state index is 13.5. The average Bonchev–Trinajstić information content (AvgIpc) is 3.37. The van der Waals surface area contributed by atoms with Crippen molar-refractivity contribution in [3.63, 3.8) is 0 Å². The van der Waals surface area contributed by atoms with E-state index in [0.717, 1.165) is 42.5 Å². The van der Waals surface area contributed by atoms with Crippen LogP contribution in [-0.2, 0) is 11.4 Å². The quantitative estimate of drug-likeness (QED) is 0.268. The minimum Gasteiger partial charge on any atom is -0.496 e. The van der Waals surface area contributed by atoms with Crippen LogP contribution >= 0.6 is 0 Å². The van der Waals surface area contributed by atoms with Crippen LogP contribution in [0.1, 0.15) is 81.4 Å². The predicted molar refractivity (Wildman–Crippen MR) is 155 cm³/mol. The molecule has 1 amide bonds. The number of methoxy groups -OCH3 is 1. The number of carbonyl (C=O) groups excluding carboxylic acids is 1. The molecule has 0 unspecified atom stereocenters. The highest BCUT2D eigenvalue weighted by atomic mass is 16.5. The molecule has 0 bridgehead atoms. The minimum absolute atomic E-state index is 0.130. The zero-order chi connectivity index (χ0) is 28.6. The number of carboxylic acids is 1. The molecule has 1 aromatic heterocycles. The summed E-state index contributed by atoms with van der Waals surface area (Å²) in [4.78, 5) is 24.9. The Kier molecular flexibility index (Phi) is 9.85. The van der Waals surface area contributed by atoms with E-state index in [1.54, 1.807) is 13.2 Å². The fourth-order valence-corrected chi connectivity index (χ4v) is 5.48. The summed E-state index contributed by atoms with van der Waals surface area (Å²) < 4.78 is 14.1. The lowest BCUT2D eigenvalue weighted by Crippen LogP contribution is -2.37. The van der Waals surface area contributed by atoms with Gasteiger partial charge in [0.05, 0.1) is 30.8 Å². The van der Waals surface area contributed by atoms with Crippen LogP contribution in [0.4, 0.5) is 0 Å². The molecule has 0 radical (unpaired) electrons. The molecule has 0 saturated heterocycles. The average molecular weight is 548 g/mol. The van der Waals surface area contributed by atoms with Crippen LogP contribution in [0.5, 0.6) is 11.5 Å². The molecule has 0 aliphatic heterocycles. The van der Waals surface area contributed by atoms with Crippen molar-refractivity contribution in [2.75, 3.05) is 7.11 Å². The van der Waals surface area contributed by atoms with E-state index in [4.69, 9.17) is 14.6 Å². The van der Waals surface area contributed by atoms with Crippen LogP contribution in [0.2, 0.25) is 0 Å². The fourth-order valence-electron chi connectivity index (χ4n) is 5.48. The molecule has 0 spiro atoms. The van der Waals surface area contributed by atoms with E-state index >= 15 is 0 Å². The SMILES string of the molecule is COc1cccc(OCc2ccccc2)c1-c1cc(C(=O)N[C@H](CC(=O)O)CC(C)C)nn1C1CCC(C)CC1. The fraction of sp³-hybridized carbons (Fsp3) is 0.469. The largest absolute Gasteiger partial charge is 0.496 e. The number of rotatable bonds is 12. The number of carboxylic acid groups (broad SMARTS) is 1. The summed E-state index contributed by atoms with van der Waals surface area (Å²) in [5.41, 5.74) is 2.80. The number of amides is 1. The van der Waals surface area contributed by atoms with Crippen LogP contribution in [0.25, 0.3) is 11.3 Å². The molecule has 2 N–H and O–H groups in total. The Hall–Kier alpha value is -3.81. The van der Waals surface area contributed by atoms with E-state index in [0.29, 0.717) is 30.4 Å². The maximum Gasteiger partial charge on any atom is 0.305 e. The van der Waals surface area contributed by atoms with Gasteiger partial charge in [0.25, 0.3) is 5.91 Å². The van der Waals surface area contributed by atoms with Gasteiger partial charge in [-0.3, -0.25) is 14.3 Å². The van der Waals surface area contributed by atoms with Gasteiger partial charge in [0, 0.05) is 6.04 Å². The molecule has 1 fully saturated rings. The second-order valence-corrected chi connectivity index (χ2v) is 11.3. The Morgan fingerprint density at radius 3 is 2.40 bits per heavy atom. The molecule has 8 heteroatoms. The van der Waals surface area contributed by atoms with Crippen molar-refractivity contribution in [1.29, 1.82) is 0 Å². The topological polar surface area (TPSA) is 103 Å². The molecule has 1 aliphatic carbocycles. The third-order valence-corrected chi connectivity index (χ3v) is 7.51. The van der Waals surface area contributed by atoms with Crippen molar-refractivity contribution >= 4 is 11.9 Å². The van der Waals surface area contributed by atoms with Crippen molar-refractivity contribution in [3.8, 4) is 22.8 Å². The van der Waals surface area contributed by atoms with Gasteiger partial charge in [0.15, 0.2) is 5.69 Å². The Balaban J connectivity index is 1.73. The number of hydrogen-bond acceptors (Lipinski definition) is 5. The smallest absolute Gasteiger partial charge is 0.305 e. The van der Waals surface area contributed by atoms with Crippen molar-refractivity contribution in [2.45, 2.75) is 78.0 Å². The van der Waals surface area contributed by atoms with Crippen LogP contribution in [-0.4, -0.2) is 39.9 Å². The van der Waals surface area contributed by atoms with Gasteiger partial charge < -0.3 is 19.9 Å². The van der Waals surface area contributed by atoms with E-state index in [1.807, 2.05) is 67.1 Å². The molecule has 1 aliphatic rings. The Morgan fingerprint density at radius 1 is 1.05 bits per heavy atom. The first kappa shape index (κ1) is 29.2. The van der Waals surface area contributed by atoms with Crippen molar-refractivity contribution in [3.05, 3.63) is 65.9 Å². The zero-order valence-corrected chi connectivity index (χ0v) is 23.9. The molecule has 1 atom stereocenters. The summed E-state index contributed by atoms with van der Waals surface area (Å²) >= 11 is 0. The normalized spacial score (nSPS) is 17.8. The highest BCUT2D eigenvalue weighted by Gasteiger charge is 2.29. The van der Waals surface area contributed by atoms with Gasteiger partial charge in [0.2, 0.25) is 0 Å². The number of benzene rings is 2. The van der Waals surface area contributed by atoms with Gasteiger partial charge in [0.1, 0.15) is 18.1 Å². The molecule has 2 aromatic carbocycles. The van der Waals surface area contributed by atoms with Crippen molar-refractivity contribution in [1.82, 2.24) is 15.1 Å². The summed E-state index contributed by atoms with van der Waals surface area (Å²) in [6.07, 6.45) is 4.52. The lowest BCUT2D eigenvalue weighted by Gasteiger charge is -2.28.